The molecule has 1 aromatic carbocycles. The van der Waals surface area contributed by atoms with Crippen LogP contribution in [0.3, 0.4) is 0 Å². The number of halogens is 1. The number of nitrogens with zero attached hydrogens (tertiary/aromatic N) is 1. The van der Waals surface area contributed by atoms with E-state index in [0.717, 1.165) is 0 Å². The zero-order valence-corrected chi connectivity index (χ0v) is 11.2. The molecule has 0 fully saturated rings. The normalized spacial score (nSPS) is 12.8. The van der Waals surface area contributed by atoms with E-state index >= 15 is 0 Å². The molecule has 0 atom stereocenters. The Balaban J connectivity index is 2.78. The van der Waals surface area contributed by atoms with Gasteiger partial charge in [-0.15, -0.1) is 4.41 Å². The van der Waals surface area contributed by atoms with Gasteiger partial charge in [0.15, 0.2) is 0 Å². The summed E-state index contributed by atoms with van der Waals surface area (Å²) in [5.41, 5.74) is 5.58. The molecular weight excluding hydrogens is 273 g/mol. The summed E-state index contributed by atoms with van der Waals surface area (Å²) in [4.78, 5) is 0.0462. The second-order valence-electron chi connectivity index (χ2n) is 3.75. The second kappa shape index (κ2) is 6.62. The van der Waals surface area contributed by atoms with Crippen molar-refractivity contribution in [2.75, 3.05) is 20.2 Å². The second-order valence-corrected chi connectivity index (χ2v) is 5.75. The predicted octanol–water partition coefficient (Wildman–Crippen LogP) is 0.372. The average molecular weight is 289 g/mol. The van der Waals surface area contributed by atoms with E-state index in [1.807, 2.05) is 0 Å². The maximum atomic E-state index is 12.2. The largest absolute Gasteiger partial charge is 0.489 e. The van der Waals surface area contributed by atoms with E-state index < -0.39 is 10.0 Å². The van der Waals surface area contributed by atoms with Gasteiger partial charge in [-0.2, -0.15) is 0 Å². The maximum absolute atomic E-state index is 12.2. The third-order valence-electron chi connectivity index (χ3n) is 2.34. The Labute approximate surface area is 111 Å². The fourth-order valence-corrected chi connectivity index (χ4v) is 2.00. The minimum absolute atomic E-state index is 0.00981. The van der Waals surface area contributed by atoms with E-state index in [9.17, 15) is 12.8 Å². The Hall–Kier alpha value is -1.48. The van der Waals surface area contributed by atoms with Crippen LogP contribution in [0, 0.1) is 0 Å². The van der Waals surface area contributed by atoms with Gasteiger partial charge in [0.1, 0.15) is 12.4 Å². The van der Waals surface area contributed by atoms with E-state index in [1.165, 1.54) is 31.3 Å². The van der Waals surface area contributed by atoms with Crippen molar-refractivity contribution < 1.29 is 17.5 Å². The summed E-state index contributed by atoms with van der Waals surface area (Å²) in [5, 5.41) is 0. The highest BCUT2D eigenvalue weighted by atomic mass is 32.2. The van der Waals surface area contributed by atoms with Crippen molar-refractivity contribution in [3.63, 3.8) is 0 Å². The summed E-state index contributed by atoms with van der Waals surface area (Å²) >= 11 is 0. The fraction of sp³-hybridized carbons (Fsp3) is 0.273. The Kier molecular flexibility index (Phi) is 5.43. The molecule has 0 unspecified atom stereocenters. The van der Waals surface area contributed by atoms with Crippen LogP contribution in [-0.2, 0) is 10.0 Å². The molecule has 0 amide bonds. The summed E-state index contributed by atoms with van der Waals surface area (Å²) in [7, 11) is -2.43. The molecule has 106 valence electrons. The lowest BCUT2D eigenvalue weighted by Gasteiger charge is -2.12. The lowest BCUT2D eigenvalue weighted by atomic mass is 10.3. The van der Waals surface area contributed by atoms with Crippen LogP contribution < -0.4 is 16.3 Å². The SMILES string of the molecule is CN(N)S(=O)(=O)c1ccc(OC/C(=C/F)CN)cc1. The number of hydrogen-bond donors (Lipinski definition) is 2. The standard InChI is InChI=1S/C11H16FN3O3S/c1-15(14)19(16,17)11-4-2-10(3-5-11)18-8-9(6-12)7-13/h2-6H,7-8,13-14H2,1H3/b9-6+. The Morgan fingerprint density at radius 3 is 2.42 bits per heavy atom. The third-order valence-corrected chi connectivity index (χ3v) is 3.97. The third kappa shape index (κ3) is 4.00. The number of hydrogen-bond acceptors (Lipinski definition) is 5. The van der Waals surface area contributed by atoms with E-state index in [1.54, 1.807) is 0 Å². The summed E-state index contributed by atoms with van der Waals surface area (Å²) in [6, 6.07) is 5.64. The van der Waals surface area contributed by atoms with E-state index in [4.69, 9.17) is 16.3 Å². The van der Waals surface area contributed by atoms with Gasteiger partial charge < -0.3 is 10.5 Å². The Morgan fingerprint density at radius 2 is 2.00 bits per heavy atom. The van der Waals surface area contributed by atoms with Crippen LogP contribution >= 0.6 is 0 Å². The summed E-state index contributed by atoms with van der Waals surface area (Å²) in [6.07, 6.45) is 0.391. The van der Waals surface area contributed by atoms with Gasteiger partial charge in [-0.1, -0.05) is 0 Å². The van der Waals surface area contributed by atoms with Crippen molar-refractivity contribution in [1.82, 2.24) is 4.41 Å². The number of ether oxygens (including phenoxy) is 1. The van der Waals surface area contributed by atoms with E-state index in [0.29, 0.717) is 22.1 Å². The molecule has 0 aliphatic heterocycles. The minimum Gasteiger partial charge on any atom is -0.489 e. The molecular formula is C11H16FN3O3S. The first kappa shape index (κ1) is 15.6. The van der Waals surface area contributed by atoms with Crippen LogP contribution in [0.4, 0.5) is 4.39 Å². The average Bonchev–Trinajstić information content (AvgIpc) is 2.40. The monoisotopic (exact) mass is 289 g/mol. The van der Waals surface area contributed by atoms with E-state index in [2.05, 4.69) is 0 Å². The molecule has 0 spiro atoms. The van der Waals surface area contributed by atoms with Crippen molar-refractivity contribution >= 4 is 10.0 Å². The molecule has 19 heavy (non-hydrogen) atoms. The summed E-state index contributed by atoms with van der Waals surface area (Å²) in [6.45, 7) is 0.0663. The Bertz CT molecular complexity index is 541. The highest BCUT2D eigenvalue weighted by molar-refractivity contribution is 7.89. The van der Waals surface area contributed by atoms with Gasteiger partial charge in [0.25, 0.3) is 10.0 Å². The van der Waals surface area contributed by atoms with Gasteiger partial charge >= 0.3 is 0 Å². The molecule has 0 radical (unpaired) electrons. The number of hydrazine groups is 1. The minimum atomic E-state index is -3.67. The van der Waals surface area contributed by atoms with Crippen molar-refractivity contribution in [2.24, 2.45) is 11.6 Å². The number of rotatable bonds is 6. The van der Waals surface area contributed by atoms with Gasteiger partial charge in [-0.3, -0.25) is 5.84 Å². The molecule has 1 aromatic rings. The highest BCUT2D eigenvalue weighted by Crippen LogP contribution is 2.17. The number of sulfonamides is 1. The molecule has 0 aromatic heterocycles. The van der Waals surface area contributed by atoms with Gasteiger partial charge in [-0.05, 0) is 24.3 Å². The van der Waals surface area contributed by atoms with Crippen molar-refractivity contribution in [1.29, 1.82) is 0 Å². The number of benzene rings is 1. The fourth-order valence-electron chi connectivity index (χ4n) is 1.19. The van der Waals surface area contributed by atoms with Crippen LogP contribution in [-0.4, -0.2) is 33.0 Å². The topological polar surface area (TPSA) is 98.6 Å². The van der Waals surface area contributed by atoms with Gasteiger partial charge in [0.2, 0.25) is 0 Å². The van der Waals surface area contributed by atoms with Crippen molar-refractivity contribution in [3.05, 3.63) is 36.2 Å². The van der Waals surface area contributed by atoms with Gasteiger partial charge in [-0.25, -0.2) is 12.8 Å². The first-order valence-corrected chi connectivity index (χ1v) is 6.80. The molecule has 6 nitrogen and oxygen atoms in total. The summed E-state index contributed by atoms with van der Waals surface area (Å²) in [5.74, 6) is 5.63. The molecule has 0 bridgehead atoms. The van der Waals surface area contributed by atoms with Crippen molar-refractivity contribution in [3.8, 4) is 5.75 Å². The molecule has 1 rings (SSSR count). The van der Waals surface area contributed by atoms with E-state index in [-0.39, 0.29) is 18.0 Å². The van der Waals surface area contributed by atoms with Crippen LogP contribution in [0.1, 0.15) is 0 Å². The molecule has 0 aliphatic rings. The molecule has 4 N–H and O–H groups in total. The van der Waals surface area contributed by atoms with Gasteiger partial charge in [0, 0.05) is 19.2 Å². The first-order chi connectivity index (χ1) is 8.91. The zero-order chi connectivity index (χ0) is 14.5. The molecule has 0 aliphatic carbocycles. The smallest absolute Gasteiger partial charge is 0.255 e. The molecule has 8 heteroatoms. The summed E-state index contributed by atoms with van der Waals surface area (Å²) < 4.78 is 41.5. The molecule has 0 saturated heterocycles. The highest BCUT2D eigenvalue weighted by Gasteiger charge is 2.17. The quantitative estimate of drug-likeness (QED) is 0.582. The van der Waals surface area contributed by atoms with Crippen LogP contribution in [0.25, 0.3) is 0 Å². The predicted molar refractivity (Wildman–Crippen MR) is 69.3 cm³/mol. The number of nitrogens with two attached hydrogens (primary N) is 2. The van der Waals surface area contributed by atoms with Crippen LogP contribution in [0.2, 0.25) is 0 Å². The van der Waals surface area contributed by atoms with Crippen LogP contribution in [0.5, 0.6) is 5.75 Å². The molecule has 0 saturated carbocycles. The lowest BCUT2D eigenvalue weighted by Crippen LogP contribution is -2.33. The first-order valence-electron chi connectivity index (χ1n) is 5.36. The van der Waals surface area contributed by atoms with Crippen molar-refractivity contribution in [2.45, 2.75) is 4.90 Å². The lowest BCUT2D eigenvalue weighted by molar-refractivity contribution is 0.347. The van der Waals surface area contributed by atoms with Crippen LogP contribution in [0.15, 0.2) is 41.1 Å². The van der Waals surface area contributed by atoms with Gasteiger partial charge in [0.05, 0.1) is 11.2 Å². The Morgan fingerprint density at radius 1 is 1.42 bits per heavy atom. The molecule has 0 heterocycles. The zero-order valence-electron chi connectivity index (χ0n) is 10.4. The maximum Gasteiger partial charge on any atom is 0.255 e.